The number of anilines is 1. The fourth-order valence-electron chi connectivity index (χ4n) is 1.20. The molecule has 0 unspecified atom stereocenters. The molecule has 0 amide bonds. The molecular weight excluding hydrogens is 242 g/mol. The number of rotatable bonds is 4. The van der Waals surface area contributed by atoms with Crippen molar-refractivity contribution in [2.75, 3.05) is 11.9 Å². The van der Waals surface area contributed by atoms with E-state index in [4.69, 9.17) is 0 Å². The Morgan fingerprint density at radius 3 is 2.71 bits per heavy atom. The number of nitrogens with one attached hydrogen (secondary N) is 1. The van der Waals surface area contributed by atoms with Crippen molar-refractivity contribution in [3.8, 4) is 0 Å². The van der Waals surface area contributed by atoms with E-state index in [1.54, 1.807) is 0 Å². The lowest BCUT2D eigenvalue weighted by Gasteiger charge is -2.13. The number of hydrogen-bond donors (Lipinski definition) is 2. The Labute approximate surface area is 93.5 Å². The van der Waals surface area contributed by atoms with Crippen molar-refractivity contribution in [2.24, 2.45) is 5.92 Å². The molecule has 0 fully saturated rings. The SMILES string of the molecule is CC(C)CNc1cccc(Br)c1CO. The van der Waals surface area contributed by atoms with Crippen LogP contribution in [0.5, 0.6) is 0 Å². The maximum atomic E-state index is 9.19. The van der Waals surface area contributed by atoms with Gasteiger partial charge in [-0.2, -0.15) is 0 Å². The molecule has 1 aromatic carbocycles. The van der Waals surface area contributed by atoms with Gasteiger partial charge in [-0.3, -0.25) is 0 Å². The second-order valence-corrected chi connectivity index (χ2v) is 4.55. The van der Waals surface area contributed by atoms with E-state index < -0.39 is 0 Å². The Kier molecular flexibility index (Phi) is 4.42. The summed E-state index contributed by atoms with van der Waals surface area (Å²) in [4.78, 5) is 0. The van der Waals surface area contributed by atoms with Crippen molar-refractivity contribution in [1.29, 1.82) is 0 Å². The third-order valence-corrected chi connectivity index (χ3v) is 2.72. The highest BCUT2D eigenvalue weighted by molar-refractivity contribution is 9.10. The van der Waals surface area contributed by atoms with Gasteiger partial charge in [0.05, 0.1) is 6.61 Å². The summed E-state index contributed by atoms with van der Waals surface area (Å²) in [6.07, 6.45) is 0. The molecule has 14 heavy (non-hydrogen) atoms. The van der Waals surface area contributed by atoms with E-state index >= 15 is 0 Å². The zero-order valence-electron chi connectivity index (χ0n) is 8.55. The van der Waals surface area contributed by atoms with Crippen LogP contribution in [-0.2, 0) is 6.61 Å². The first-order valence-electron chi connectivity index (χ1n) is 4.77. The normalized spacial score (nSPS) is 10.6. The number of aliphatic hydroxyl groups excluding tert-OH is 1. The molecule has 0 atom stereocenters. The number of aliphatic hydroxyl groups is 1. The first-order chi connectivity index (χ1) is 6.65. The molecule has 0 aliphatic heterocycles. The van der Waals surface area contributed by atoms with E-state index in [0.717, 1.165) is 22.3 Å². The molecule has 1 aromatic rings. The van der Waals surface area contributed by atoms with E-state index in [-0.39, 0.29) is 6.61 Å². The third-order valence-electron chi connectivity index (χ3n) is 1.98. The predicted molar refractivity (Wildman–Crippen MR) is 63.4 cm³/mol. The van der Waals surface area contributed by atoms with Crippen molar-refractivity contribution in [1.82, 2.24) is 0 Å². The minimum absolute atomic E-state index is 0.0574. The first kappa shape index (κ1) is 11.5. The van der Waals surface area contributed by atoms with Gasteiger partial charge in [-0.05, 0) is 18.1 Å². The van der Waals surface area contributed by atoms with Gasteiger partial charge >= 0.3 is 0 Å². The van der Waals surface area contributed by atoms with E-state index in [1.165, 1.54) is 0 Å². The van der Waals surface area contributed by atoms with E-state index in [9.17, 15) is 5.11 Å². The van der Waals surface area contributed by atoms with Crippen LogP contribution in [0, 0.1) is 5.92 Å². The molecule has 0 spiro atoms. The van der Waals surface area contributed by atoms with Crippen molar-refractivity contribution in [2.45, 2.75) is 20.5 Å². The maximum absolute atomic E-state index is 9.19. The Hall–Kier alpha value is -0.540. The van der Waals surface area contributed by atoms with Crippen LogP contribution in [0.4, 0.5) is 5.69 Å². The molecule has 0 bridgehead atoms. The summed E-state index contributed by atoms with van der Waals surface area (Å²) in [5.41, 5.74) is 1.93. The summed E-state index contributed by atoms with van der Waals surface area (Å²) in [5, 5.41) is 12.5. The number of halogens is 1. The van der Waals surface area contributed by atoms with Crippen LogP contribution in [0.15, 0.2) is 22.7 Å². The smallest absolute Gasteiger partial charge is 0.0713 e. The van der Waals surface area contributed by atoms with Crippen LogP contribution in [0.25, 0.3) is 0 Å². The van der Waals surface area contributed by atoms with Gasteiger partial charge in [0.15, 0.2) is 0 Å². The summed E-state index contributed by atoms with van der Waals surface area (Å²) in [5.74, 6) is 0.598. The van der Waals surface area contributed by atoms with Gasteiger partial charge in [-0.1, -0.05) is 35.8 Å². The molecule has 0 radical (unpaired) electrons. The van der Waals surface area contributed by atoms with Crippen molar-refractivity contribution >= 4 is 21.6 Å². The molecule has 0 saturated heterocycles. The third kappa shape index (κ3) is 3.00. The number of hydrogen-bond acceptors (Lipinski definition) is 2. The zero-order chi connectivity index (χ0) is 10.6. The lowest BCUT2D eigenvalue weighted by molar-refractivity contribution is 0.281. The molecule has 0 aliphatic rings. The fraction of sp³-hybridized carbons (Fsp3) is 0.455. The van der Waals surface area contributed by atoms with Gasteiger partial charge in [0.25, 0.3) is 0 Å². The molecule has 2 N–H and O–H groups in total. The number of benzene rings is 1. The monoisotopic (exact) mass is 257 g/mol. The first-order valence-corrected chi connectivity index (χ1v) is 5.56. The molecule has 0 heterocycles. The Morgan fingerprint density at radius 1 is 1.43 bits per heavy atom. The summed E-state index contributed by atoms with van der Waals surface area (Å²) < 4.78 is 0.953. The molecule has 78 valence electrons. The van der Waals surface area contributed by atoms with Crippen LogP contribution in [0.1, 0.15) is 19.4 Å². The molecule has 0 aliphatic carbocycles. The Morgan fingerprint density at radius 2 is 2.14 bits per heavy atom. The van der Waals surface area contributed by atoms with Crippen molar-refractivity contribution in [3.63, 3.8) is 0 Å². The van der Waals surface area contributed by atoms with Gasteiger partial charge in [-0.15, -0.1) is 0 Å². The molecular formula is C11H16BrNO. The minimum Gasteiger partial charge on any atom is -0.392 e. The average Bonchev–Trinajstić information content (AvgIpc) is 2.14. The van der Waals surface area contributed by atoms with Crippen LogP contribution in [-0.4, -0.2) is 11.7 Å². The summed E-state index contributed by atoms with van der Waals surface area (Å²) in [7, 11) is 0. The predicted octanol–water partition coefficient (Wildman–Crippen LogP) is 3.01. The van der Waals surface area contributed by atoms with Crippen LogP contribution in [0.2, 0.25) is 0 Å². The second-order valence-electron chi connectivity index (χ2n) is 3.70. The summed E-state index contributed by atoms with van der Waals surface area (Å²) in [6, 6.07) is 5.89. The highest BCUT2D eigenvalue weighted by Gasteiger charge is 2.05. The summed E-state index contributed by atoms with van der Waals surface area (Å²) >= 11 is 3.41. The Bertz CT molecular complexity index is 299. The van der Waals surface area contributed by atoms with Crippen molar-refractivity contribution in [3.05, 3.63) is 28.2 Å². The highest BCUT2D eigenvalue weighted by Crippen LogP contribution is 2.24. The topological polar surface area (TPSA) is 32.3 Å². The van der Waals surface area contributed by atoms with Crippen LogP contribution in [0.3, 0.4) is 0 Å². The fourth-order valence-corrected chi connectivity index (χ4v) is 1.69. The molecule has 0 saturated carbocycles. The van der Waals surface area contributed by atoms with Gasteiger partial charge in [0, 0.05) is 22.3 Å². The van der Waals surface area contributed by atoms with E-state index in [0.29, 0.717) is 5.92 Å². The van der Waals surface area contributed by atoms with E-state index in [1.807, 2.05) is 18.2 Å². The lowest BCUT2D eigenvalue weighted by atomic mass is 10.1. The highest BCUT2D eigenvalue weighted by atomic mass is 79.9. The largest absolute Gasteiger partial charge is 0.392 e. The molecule has 0 aromatic heterocycles. The maximum Gasteiger partial charge on any atom is 0.0713 e. The van der Waals surface area contributed by atoms with Gasteiger partial charge in [-0.25, -0.2) is 0 Å². The van der Waals surface area contributed by atoms with Gasteiger partial charge in [0.1, 0.15) is 0 Å². The van der Waals surface area contributed by atoms with E-state index in [2.05, 4.69) is 35.1 Å². The minimum atomic E-state index is 0.0574. The second kappa shape index (κ2) is 5.37. The van der Waals surface area contributed by atoms with Crippen molar-refractivity contribution < 1.29 is 5.11 Å². The standard InChI is InChI=1S/C11H16BrNO/c1-8(2)6-13-11-5-3-4-10(12)9(11)7-14/h3-5,8,13-14H,6-7H2,1-2H3. The zero-order valence-corrected chi connectivity index (χ0v) is 10.1. The van der Waals surface area contributed by atoms with Gasteiger partial charge in [0.2, 0.25) is 0 Å². The lowest BCUT2D eigenvalue weighted by Crippen LogP contribution is -2.09. The molecule has 3 heteroatoms. The average molecular weight is 258 g/mol. The Balaban J connectivity index is 2.80. The molecule has 1 rings (SSSR count). The molecule has 2 nitrogen and oxygen atoms in total. The van der Waals surface area contributed by atoms with Crippen LogP contribution < -0.4 is 5.32 Å². The van der Waals surface area contributed by atoms with Crippen LogP contribution >= 0.6 is 15.9 Å². The quantitative estimate of drug-likeness (QED) is 0.870. The summed E-state index contributed by atoms with van der Waals surface area (Å²) in [6.45, 7) is 5.29. The van der Waals surface area contributed by atoms with Gasteiger partial charge < -0.3 is 10.4 Å².